The van der Waals surface area contributed by atoms with E-state index in [4.69, 9.17) is 0 Å². The molecule has 1 heterocycles. The average Bonchev–Trinajstić information content (AvgIpc) is 2.63. The van der Waals surface area contributed by atoms with E-state index in [-0.39, 0.29) is 5.91 Å². The van der Waals surface area contributed by atoms with E-state index in [1.165, 1.54) is 11.1 Å². The first-order valence-corrected chi connectivity index (χ1v) is 9.02. The minimum Gasteiger partial charge on any atom is -0.339 e. The molecule has 0 aromatic heterocycles. The van der Waals surface area contributed by atoms with Crippen molar-refractivity contribution in [1.82, 2.24) is 15.1 Å². The number of amides is 1. The van der Waals surface area contributed by atoms with Crippen LogP contribution in [0.1, 0.15) is 18.1 Å². The zero-order valence-corrected chi connectivity index (χ0v) is 14.9. The SMILES string of the molecule is CC1CN(C(=O)CN(Cc2ccccc2)Cc2ccccc2)CCN1. The molecular formula is C21H27N3O. The first-order valence-electron chi connectivity index (χ1n) is 9.02. The van der Waals surface area contributed by atoms with Gasteiger partial charge in [0.2, 0.25) is 5.91 Å². The van der Waals surface area contributed by atoms with E-state index in [1.54, 1.807) is 0 Å². The zero-order valence-electron chi connectivity index (χ0n) is 14.9. The van der Waals surface area contributed by atoms with Gasteiger partial charge in [0.25, 0.3) is 0 Å². The van der Waals surface area contributed by atoms with Crippen molar-refractivity contribution in [3.05, 3.63) is 71.8 Å². The van der Waals surface area contributed by atoms with Crippen LogP contribution in [0.15, 0.2) is 60.7 Å². The molecule has 0 saturated carbocycles. The minimum atomic E-state index is 0.222. The molecule has 3 rings (SSSR count). The van der Waals surface area contributed by atoms with Gasteiger partial charge in [-0.15, -0.1) is 0 Å². The predicted molar refractivity (Wildman–Crippen MR) is 101 cm³/mol. The summed E-state index contributed by atoms with van der Waals surface area (Å²) in [5, 5.41) is 3.39. The lowest BCUT2D eigenvalue weighted by Crippen LogP contribution is -2.53. The summed E-state index contributed by atoms with van der Waals surface area (Å²) in [6.07, 6.45) is 0. The first kappa shape index (κ1) is 17.6. The van der Waals surface area contributed by atoms with Crippen molar-refractivity contribution in [2.45, 2.75) is 26.1 Å². The summed E-state index contributed by atoms with van der Waals surface area (Å²) >= 11 is 0. The molecule has 1 fully saturated rings. The van der Waals surface area contributed by atoms with Crippen LogP contribution in [-0.2, 0) is 17.9 Å². The molecule has 1 aliphatic heterocycles. The number of benzene rings is 2. The summed E-state index contributed by atoms with van der Waals surface area (Å²) in [6.45, 7) is 6.62. The maximum Gasteiger partial charge on any atom is 0.236 e. The van der Waals surface area contributed by atoms with E-state index in [0.717, 1.165) is 32.7 Å². The third-order valence-electron chi connectivity index (χ3n) is 4.58. The summed E-state index contributed by atoms with van der Waals surface area (Å²) in [6, 6.07) is 21.1. The molecule has 1 unspecified atom stereocenters. The number of nitrogens with zero attached hydrogens (tertiary/aromatic N) is 2. The highest BCUT2D eigenvalue weighted by Crippen LogP contribution is 2.11. The minimum absolute atomic E-state index is 0.222. The van der Waals surface area contributed by atoms with Crippen molar-refractivity contribution in [3.63, 3.8) is 0 Å². The number of carbonyl (C=O) groups excluding carboxylic acids is 1. The summed E-state index contributed by atoms with van der Waals surface area (Å²) in [7, 11) is 0. The highest BCUT2D eigenvalue weighted by molar-refractivity contribution is 5.78. The molecule has 1 amide bonds. The molecule has 1 aliphatic rings. The predicted octanol–water partition coefficient (Wildman–Crippen LogP) is 2.51. The largest absolute Gasteiger partial charge is 0.339 e. The lowest BCUT2D eigenvalue weighted by Gasteiger charge is -2.33. The van der Waals surface area contributed by atoms with E-state index in [2.05, 4.69) is 65.7 Å². The molecule has 2 aromatic carbocycles. The Bertz CT molecular complexity index is 618. The summed E-state index contributed by atoms with van der Waals surface area (Å²) in [4.78, 5) is 17.0. The van der Waals surface area contributed by atoms with Crippen LogP contribution < -0.4 is 5.32 Å². The molecule has 0 spiro atoms. The van der Waals surface area contributed by atoms with Crippen LogP contribution in [0.2, 0.25) is 0 Å². The Hall–Kier alpha value is -2.17. The van der Waals surface area contributed by atoms with E-state index in [1.807, 2.05) is 17.0 Å². The van der Waals surface area contributed by atoms with E-state index >= 15 is 0 Å². The monoisotopic (exact) mass is 337 g/mol. The topological polar surface area (TPSA) is 35.6 Å². The second-order valence-corrected chi connectivity index (χ2v) is 6.81. The molecule has 25 heavy (non-hydrogen) atoms. The maximum absolute atomic E-state index is 12.8. The zero-order chi connectivity index (χ0) is 17.5. The lowest BCUT2D eigenvalue weighted by atomic mass is 10.1. The fourth-order valence-corrected chi connectivity index (χ4v) is 3.30. The molecule has 0 bridgehead atoms. The average molecular weight is 337 g/mol. The molecule has 4 nitrogen and oxygen atoms in total. The van der Waals surface area contributed by atoms with Gasteiger partial charge in [0.1, 0.15) is 0 Å². The summed E-state index contributed by atoms with van der Waals surface area (Å²) in [5.41, 5.74) is 2.47. The third-order valence-corrected chi connectivity index (χ3v) is 4.58. The Kier molecular flexibility index (Phi) is 6.20. The maximum atomic E-state index is 12.8. The number of carbonyl (C=O) groups is 1. The summed E-state index contributed by atoms with van der Waals surface area (Å²) < 4.78 is 0. The second-order valence-electron chi connectivity index (χ2n) is 6.81. The Morgan fingerprint density at radius 2 is 1.60 bits per heavy atom. The fraction of sp³-hybridized carbons (Fsp3) is 0.381. The molecule has 1 atom stereocenters. The molecule has 0 aliphatic carbocycles. The quantitative estimate of drug-likeness (QED) is 0.880. The third kappa shape index (κ3) is 5.41. The molecule has 4 heteroatoms. The Morgan fingerprint density at radius 3 is 2.12 bits per heavy atom. The van der Waals surface area contributed by atoms with E-state index < -0.39 is 0 Å². The van der Waals surface area contributed by atoms with Crippen molar-refractivity contribution >= 4 is 5.91 Å². The summed E-state index contributed by atoms with van der Waals surface area (Å²) in [5.74, 6) is 0.222. The van der Waals surface area contributed by atoms with Crippen molar-refractivity contribution in [2.24, 2.45) is 0 Å². The normalized spacial score (nSPS) is 17.7. The van der Waals surface area contributed by atoms with Gasteiger partial charge < -0.3 is 10.2 Å². The number of hydrogen-bond donors (Lipinski definition) is 1. The van der Waals surface area contributed by atoms with E-state index in [0.29, 0.717) is 12.6 Å². The highest BCUT2D eigenvalue weighted by Gasteiger charge is 2.22. The molecule has 1 saturated heterocycles. The van der Waals surface area contributed by atoms with Crippen LogP contribution in [0.3, 0.4) is 0 Å². The Morgan fingerprint density at radius 1 is 1.04 bits per heavy atom. The van der Waals surface area contributed by atoms with Crippen LogP contribution in [0, 0.1) is 0 Å². The molecule has 0 radical (unpaired) electrons. The van der Waals surface area contributed by atoms with Crippen LogP contribution in [0.25, 0.3) is 0 Å². The van der Waals surface area contributed by atoms with Crippen LogP contribution >= 0.6 is 0 Å². The number of rotatable bonds is 6. The van der Waals surface area contributed by atoms with Gasteiger partial charge >= 0.3 is 0 Å². The van der Waals surface area contributed by atoms with Crippen molar-refractivity contribution in [2.75, 3.05) is 26.2 Å². The highest BCUT2D eigenvalue weighted by atomic mass is 16.2. The van der Waals surface area contributed by atoms with Gasteiger partial charge in [-0.25, -0.2) is 0 Å². The van der Waals surface area contributed by atoms with Crippen LogP contribution in [0.4, 0.5) is 0 Å². The van der Waals surface area contributed by atoms with Crippen molar-refractivity contribution < 1.29 is 4.79 Å². The fourth-order valence-electron chi connectivity index (χ4n) is 3.30. The number of piperazine rings is 1. The van der Waals surface area contributed by atoms with Crippen LogP contribution in [-0.4, -0.2) is 47.9 Å². The number of hydrogen-bond acceptors (Lipinski definition) is 3. The Balaban J connectivity index is 1.67. The van der Waals surface area contributed by atoms with Crippen molar-refractivity contribution in [3.8, 4) is 0 Å². The van der Waals surface area contributed by atoms with Gasteiger partial charge in [-0.05, 0) is 18.1 Å². The molecular weight excluding hydrogens is 310 g/mol. The molecule has 2 aromatic rings. The van der Waals surface area contributed by atoms with Gasteiger partial charge in [-0.1, -0.05) is 60.7 Å². The van der Waals surface area contributed by atoms with Crippen molar-refractivity contribution in [1.29, 1.82) is 0 Å². The van der Waals surface area contributed by atoms with Crippen LogP contribution in [0.5, 0.6) is 0 Å². The van der Waals surface area contributed by atoms with Gasteiger partial charge in [0.15, 0.2) is 0 Å². The lowest BCUT2D eigenvalue weighted by molar-refractivity contribution is -0.133. The molecule has 1 N–H and O–H groups in total. The van der Waals surface area contributed by atoms with Gasteiger partial charge in [0, 0.05) is 38.8 Å². The van der Waals surface area contributed by atoms with E-state index in [9.17, 15) is 4.79 Å². The van der Waals surface area contributed by atoms with Gasteiger partial charge in [-0.2, -0.15) is 0 Å². The molecule has 132 valence electrons. The van der Waals surface area contributed by atoms with Gasteiger partial charge in [-0.3, -0.25) is 9.69 Å². The van der Waals surface area contributed by atoms with Gasteiger partial charge in [0.05, 0.1) is 6.54 Å². The second kappa shape index (κ2) is 8.79. The number of nitrogens with one attached hydrogen (secondary N) is 1. The smallest absolute Gasteiger partial charge is 0.236 e. The standard InChI is InChI=1S/C21H27N3O/c1-18-14-24(13-12-22-18)21(25)17-23(15-19-8-4-2-5-9-19)16-20-10-6-3-7-11-20/h2-11,18,22H,12-17H2,1H3. The Labute approximate surface area is 150 Å². The first-order chi connectivity index (χ1) is 12.2.